The van der Waals surface area contributed by atoms with Crippen LogP contribution in [0.5, 0.6) is 0 Å². The lowest BCUT2D eigenvalue weighted by Gasteiger charge is -2.21. The van der Waals surface area contributed by atoms with Crippen molar-refractivity contribution in [2.45, 2.75) is 13.5 Å². The number of hydrogen-bond acceptors (Lipinski definition) is 3. The van der Waals surface area contributed by atoms with Crippen molar-refractivity contribution in [2.24, 2.45) is 5.92 Å². The first-order chi connectivity index (χ1) is 7.22. The van der Waals surface area contributed by atoms with Crippen molar-refractivity contribution in [3.05, 3.63) is 30.1 Å². The zero-order chi connectivity index (χ0) is 11.1. The molecule has 1 rings (SSSR count). The van der Waals surface area contributed by atoms with Gasteiger partial charge in [0.15, 0.2) is 0 Å². The first kappa shape index (κ1) is 12.1. The van der Waals surface area contributed by atoms with Crippen LogP contribution in [0.2, 0.25) is 0 Å². The Bertz CT molecular complexity index is 261. The SMILES string of the molecule is CNCC(C)CN(C)Cc1ccncc1. The summed E-state index contributed by atoms with van der Waals surface area (Å²) in [5, 5.41) is 3.20. The maximum absolute atomic E-state index is 4.01. The van der Waals surface area contributed by atoms with E-state index in [1.807, 2.05) is 19.4 Å². The van der Waals surface area contributed by atoms with Gasteiger partial charge in [-0.15, -0.1) is 0 Å². The maximum atomic E-state index is 4.01. The molecule has 0 aliphatic carbocycles. The molecule has 0 spiro atoms. The Kier molecular flexibility index (Phi) is 5.29. The topological polar surface area (TPSA) is 28.2 Å². The van der Waals surface area contributed by atoms with Gasteiger partial charge in [-0.05, 0) is 44.3 Å². The van der Waals surface area contributed by atoms with E-state index in [2.05, 4.69) is 41.3 Å². The van der Waals surface area contributed by atoms with Gasteiger partial charge < -0.3 is 10.2 Å². The molecular formula is C12H21N3. The minimum absolute atomic E-state index is 0.682. The lowest BCUT2D eigenvalue weighted by atomic mass is 10.1. The molecule has 84 valence electrons. The van der Waals surface area contributed by atoms with Crippen molar-refractivity contribution >= 4 is 0 Å². The van der Waals surface area contributed by atoms with Crippen LogP contribution < -0.4 is 5.32 Å². The van der Waals surface area contributed by atoms with Crippen molar-refractivity contribution in [3.8, 4) is 0 Å². The van der Waals surface area contributed by atoms with Crippen LogP contribution >= 0.6 is 0 Å². The summed E-state index contributed by atoms with van der Waals surface area (Å²) >= 11 is 0. The van der Waals surface area contributed by atoms with E-state index < -0.39 is 0 Å². The Morgan fingerprint density at radius 3 is 2.67 bits per heavy atom. The minimum atomic E-state index is 0.682. The smallest absolute Gasteiger partial charge is 0.0271 e. The summed E-state index contributed by atoms with van der Waals surface area (Å²) in [6.45, 7) is 5.44. The molecule has 15 heavy (non-hydrogen) atoms. The number of pyridine rings is 1. The molecule has 0 fully saturated rings. The maximum Gasteiger partial charge on any atom is 0.0271 e. The Labute approximate surface area is 92.5 Å². The third-order valence-electron chi connectivity index (χ3n) is 2.38. The number of rotatable bonds is 6. The van der Waals surface area contributed by atoms with Gasteiger partial charge in [0.05, 0.1) is 0 Å². The van der Waals surface area contributed by atoms with Crippen molar-refractivity contribution in [1.29, 1.82) is 0 Å². The van der Waals surface area contributed by atoms with E-state index in [4.69, 9.17) is 0 Å². The van der Waals surface area contributed by atoms with E-state index in [-0.39, 0.29) is 0 Å². The molecular weight excluding hydrogens is 186 g/mol. The molecule has 0 aliphatic rings. The Balaban J connectivity index is 2.33. The second-order valence-corrected chi connectivity index (χ2v) is 4.22. The van der Waals surface area contributed by atoms with E-state index in [0.29, 0.717) is 5.92 Å². The first-order valence-corrected chi connectivity index (χ1v) is 5.44. The van der Waals surface area contributed by atoms with Gasteiger partial charge >= 0.3 is 0 Å². The first-order valence-electron chi connectivity index (χ1n) is 5.44. The van der Waals surface area contributed by atoms with Crippen molar-refractivity contribution < 1.29 is 0 Å². The van der Waals surface area contributed by atoms with Gasteiger partial charge in [0, 0.05) is 25.5 Å². The van der Waals surface area contributed by atoms with Gasteiger partial charge in [-0.3, -0.25) is 4.98 Å². The summed E-state index contributed by atoms with van der Waals surface area (Å²) < 4.78 is 0. The van der Waals surface area contributed by atoms with Crippen LogP contribution in [-0.2, 0) is 6.54 Å². The van der Waals surface area contributed by atoms with Gasteiger partial charge in [-0.1, -0.05) is 6.92 Å². The lowest BCUT2D eigenvalue weighted by Crippen LogP contribution is -2.29. The van der Waals surface area contributed by atoms with Crippen LogP contribution in [-0.4, -0.2) is 37.1 Å². The third kappa shape index (κ3) is 4.91. The average Bonchev–Trinajstić information content (AvgIpc) is 2.19. The van der Waals surface area contributed by atoms with Crippen molar-refractivity contribution in [2.75, 3.05) is 27.2 Å². The fraction of sp³-hybridized carbons (Fsp3) is 0.583. The Morgan fingerprint density at radius 1 is 1.40 bits per heavy atom. The molecule has 0 saturated heterocycles. The summed E-state index contributed by atoms with van der Waals surface area (Å²) in [5.41, 5.74) is 1.32. The molecule has 0 aromatic carbocycles. The highest BCUT2D eigenvalue weighted by Gasteiger charge is 2.05. The third-order valence-corrected chi connectivity index (χ3v) is 2.38. The predicted molar refractivity (Wildman–Crippen MR) is 63.7 cm³/mol. The molecule has 3 heteroatoms. The molecule has 1 unspecified atom stereocenters. The number of nitrogens with one attached hydrogen (secondary N) is 1. The summed E-state index contributed by atoms with van der Waals surface area (Å²) in [5.74, 6) is 0.682. The fourth-order valence-corrected chi connectivity index (χ4v) is 1.81. The molecule has 3 nitrogen and oxygen atoms in total. The zero-order valence-electron chi connectivity index (χ0n) is 9.90. The second kappa shape index (κ2) is 6.53. The van der Waals surface area contributed by atoms with E-state index in [1.54, 1.807) is 0 Å². The number of aromatic nitrogens is 1. The van der Waals surface area contributed by atoms with E-state index in [0.717, 1.165) is 19.6 Å². The van der Waals surface area contributed by atoms with Crippen LogP contribution in [0.25, 0.3) is 0 Å². The van der Waals surface area contributed by atoms with E-state index in [1.165, 1.54) is 5.56 Å². The highest BCUT2D eigenvalue weighted by molar-refractivity contribution is 5.09. The minimum Gasteiger partial charge on any atom is -0.319 e. The van der Waals surface area contributed by atoms with Gasteiger partial charge in [-0.25, -0.2) is 0 Å². The van der Waals surface area contributed by atoms with Crippen LogP contribution in [0.3, 0.4) is 0 Å². The predicted octanol–water partition coefficient (Wildman–Crippen LogP) is 1.37. The van der Waals surface area contributed by atoms with Crippen molar-refractivity contribution in [1.82, 2.24) is 15.2 Å². The molecule has 1 aromatic heterocycles. The molecule has 0 amide bonds. The summed E-state index contributed by atoms with van der Waals surface area (Å²) in [6.07, 6.45) is 3.69. The molecule has 1 aromatic rings. The zero-order valence-corrected chi connectivity index (χ0v) is 9.90. The summed E-state index contributed by atoms with van der Waals surface area (Å²) in [6, 6.07) is 4.14. The quantitative estimate of drug-likeness (QED) is 0.763. The highest BCUT2D eigenvalue weighted by atomic mass is 15.1. The Morgan fingerprint density at radius 2 is 2.07 bits per heavy atom. The molecule has 0 saturated carbocycles. The standard InChI is InChI=1S/C12H21N3/c1-11(8-13-2)9-15(3)10-12-4-6-14-7-5-12/h4-7,11,13H,8-10H2,1-3H3. The largest absolute Gasteiger partial charge is 0.319 e. The second-order valence-electron chi connectivity index (χ2n) is 4.22. The van der Waals surface area contributed by atoms with Crippen molar-refractivity contribution in [3.63, 3.8) is 0 Å². The molecule has 0 aliphatic heterocycles. The monoisotopic (exact) mass is 207 g/mol. The van der Waals surface area contributed by atoms with Gasteiger partial charge in [0.25, 0.3) is 0 Å². The molecule has 1 N–H and O–H groups in total. The average molecular weight is 207 g/mol. The van der Waals surface area contributed by atoms with Crippen LogP contribution in [0, 0.1) is 5.92 Å². The van der Waals surface area contributed by atoms with Crippen LogP contribution in [0.15, 0.2) is 24.5 Å². The summed E-state index contributed by atoms with van der Waals surface area (Å²) in [4.78, 5) is 6.36. The molecule has 0 radical (unpaired) electrons. The normalized spacial score (nSPS) is 13.1. The van der Waals surface area contributed by atoms with Crippen LogP contribution in [0.4, 0.5) is 0 Å². The summed E-state index contributed by atoms with van der Waals surface area (Å²) in [7, 11) is 4.16. The van der Waals surface area contributed by atoms with E-state index >= 15 is 0 Å². The van der Waals surface area contributed by atoms with Gasteiger partial charge in [0.1, 0.15) is 0 Å². The Hall–Kier alpha value is -0.930. The molecule has 1 heterocycles. The van der Waals surface area contributed by atoms with Crippen LogP contribution in [0.1, 0.15) is 12.5 Å². The highest BCUT2D eigenvalue weighted by Crippen LogP contribution is 2.03. The number of nitrogens with zero attached hydrogens (tertiary/aromatic N) is 2. The van der Waals surface area contributed by atoms with Gasteiger partial charge in [0.2, 0.25) is 0 Å². The lowest BCUT2D eigenvalue weighted by molar-refractivity contribution is 0.276. The number of hydrogen-bond donors (Lipinski definition) is 1. The fourth-order valence-electron chi connectivity index (χ4n) is 1.81. The van der Waals surface area contributed by atoms with E-state index in [9.17, 15) is 0 Å². The molecule has 1 atom stereocenters. The van der Waals surface area contributed by atoms with Gasteiger partial charge in [-0.2, -0.15) is 0 Å². The molecule has 0 bridgehead atoms.